The second-order valence-corrected chi connectivity index (χ2v) is 6.23. The Kier molecular flexibility index (Phi) is 5.03. The molecule has 1 aliphatic carbocycles. The monoisotopic (exact) mass is 402 g/mol. The van der Waals surface area contributed by atoms with Gasteiger partial charge in [-0.3, -0.25) is 9.69 Å². The Morgan fingerprint density at radius 3 is 2.28 bits per heavy atom. The molecule has 2 aromatic rings. The zero-order valence-corrected chi connectivity index (χ0v) is 14.7. The van der Waals surface area contributed by atoms with E-state index >= 15 is 0 Å². The summed E-state index contributed by atoms with van der Waals surface area (Å²) in [5.74, 6) is -3.96. The molecule has 0 aromatic heterocycles. The predicted molar refractivity (Wildman–Crippen MR) is 96.3 cm³/mol. The van der Waals surface area contributed by atoms with Crippen LogP contribution in [-0.4, -0.2) is 28.3 Å². The SMILES string of the molecule is N#Cc1ccc(N(C(=O)C(F)(F)F)c2cccc3c2CCC(O)=C3C(=O)O)cc1. The fourth-order valence-corrected chi connectivity index (χ4v) is 3.22. The Labute approximate surface area is 162 Å². The normalized spacial score (nSPS) is 13.4. The number of allylic oxidation sites excluding steroid dienone is 1. The Hall–Kier alpha value is -3.80. The highest BCUT2D eigenvalue weighted by atomic mass is 19.4. The number of benzene rings is 2. The van der Waals surface area contributed by atoms with E-state index in [2.05, 4.69) is 0 Å². The highest BCUT2D eigenvalue weighted by Gasteiger charge is 2.44. The molecule has 0 radical (unpaired) electrons. The number of halogens is 3. The third kappa shape index (κ3) is 3.65. The number of rotatable bonds is 3. The number of amides is 1. The van der Waals surface area contributed by atoms with Gasteiger partial charge in [0, 0.05) is 12.1 Å². The van der Waals surface area contributed by atoms with E-state index in [0.29, 0.717) is 4.90 Å². The van der Waals surface area contributed by atoms with E-state index in [-0.39, 0.29) is 46.7 Å². The Bertz CT molecular complexity index is 1070. The van der Waals surface area contributed by atoms with Crippen molar-refractivity contribution >= 4 is 28.8 Å². The fourth-order valence-electron chi connectivity index (χ4n) is 3.22. The van der Waals surface area contributed by atoms with Crippen molar-refractivity contribution < 1.29 is 33.0 Å². The van der Waals surface area contributed by atoms with Crippen LogP contribution in [0.2, 0.25) is 0 Å². The first-order valence-electron chi connectivity index (χ1n) is 8.34. The number of carbonyl (C=O) groups is 2. The van der Waals surface area contributed by atoms with Crippen LogP contribution in [0.3, 0.4) is 0 Å². The Morgan fingerprint density at radius 1 is 1.07 bits per heavy atom. The van der Waals surface area contributed by atoms with Gasteiger partial charge in [-0.05, 0) is 47.9 Å². The second-order valence-electron chi connectivity index (χ2n) is 6.23. The number of nitrogens with zero attached hydrogens (tertiary/aromatic N) is 2. The molecule has 2 N–H and O–H groups in total. The van der Waals surface area contributed by atoms with Gasteiger partial charge < -0.3 is 10.2 Å². The van der Waals surface area contributed by atoms with Crippen molar-refractivity contribution in [1.29, 1.82) is 5.26 Å². The maximum atomic E-state index is 13.3. The molecule has 0 spiro atoms. The standard InChI is InChI=1S/C20H13F3N2O4/c21-20(22,23)19(29)25(12-6-4-11(10-24)5-7-12)15-3-1-2-14-13(15)8-9-16(26)17(14)18(27)28/h1-7,26H,8-9H2,(H,27,28). The summed E-state index contributed by atoms with van der Waals surface area (Å²) in [6.07, 6.45) is -5.24. The fraction of sp³-hybridized carbons (Fsp3) is 0.150. The molecule has 0 saturated carbocycles. The third-order valence-corrected chi connectivity index (χ3v) is 4.48. The van der Waals surface area contributed by atoms with Crippen molar-refractivity contribution in [2.45, 2.75) is 19.0 Å². The summed E-state index contributed by atoms with van der Waals surface area (Å²) in [6, 6.07) is 10.8. The molecule has 29 heavy (non-hydrogen) atoms. The average Bonchev–Trinajstić information content (AvgIpc) is 2.67. The molecular formula is C20H13F3N2O4. The zero-order valence-electron chi connectivity index (χ0n) is 14.7. The lowest BCUT2D eigenvalue weighted by molar-refractivity contribution is -0.169. The molecule has 9 heteroatoms. The number of fused-ring (bicyclic) bond motifs is 1. The molecule has 148 valence electrons. The summed E-state index contributed by atoms with van der Waals surface area (Å²) in [5.41, 5.74) is -0.232. The van der Waals surface area contributed by atoms with Crippen molar-refractivity contribution in [2.24, 2.45) is 0 Å². The molecular weight excluding hydrogens is 389 g/mol. The summed E-state index contributed by atoms with van der Waals surface area (Å²) in [6.45, 7) is 0. The molecule has 6 nitrogen and oxygen atoms in total. The largest absolute Gasteiger partial charge is 0.511 e. The molecule has 1 amide bonds. The molecule has 1 aliphatic rings. The third-order valence-electron chi connectivity index (χ3n) is 4.48. The quantitative estimate of drug-likeness (QED) is 0.805. The van der Waals surface area contributed by atoms with Crippen molar-refractivity contribution in [3.05, 3.63) is 64.9 Å². The minimum atomic E-state index is -5.20. The summed E-state index contributed by atoms with van der Waals surface area (Å²) < 4.78 is 40.0. The van der Waals surface area contributed by atoms with Gasteiger partial charge in [-0.25, -0.2) is 4.79 Å². The van der Waals surface area contributed by atoms with Crippen LogP contribution in [0.5, 0.6) is 0 Å². The van der Waals surface area contributed by atoms with Gasteiger partial charge in [0.2, 0.25) is 0 Å². The highest BCUT2D eigenvalue weighted by Crippen LogP contribution is 2.40. The van der Waals surface area contributed by atoms with Crippen LogP contribution >= 0.6 is 0 Å². The minimum absolute atomic E-state index is 0.0477. The summed E-state index contributed by atoms with van der Waals surface area (Å²) >= 11 is 0. The maximum Gasteiger partial charge on any atom is 0.472 e. The van der Waals surface area contributed by atoms with Crippen LogP contribution in [0.4, 0.5) is 24.5 Å². The molecule has 0 atom stereocenters. The van der Waals surface area contributed by atoms with E-state index in [4.69, 9.17) is 5.26 Å². The number of nitriles is 1. The zero-order chi connectivity index (χ0) is 21.3. The molecule has 3 rings (SSSR count). The summed E-state index contributed by atoms with van der Waals surface area (Å²) in [4.78, 5) is 24.2. The molecule has 0 fully saturated rings. The van der Waals surface area contributed by atoms with Crippen molar-refractivity contribution in [3.63, 3.8) is 0 Å². The lowest BCUT2D eigenvalue weighted by atomic mass is 9.88. The van der Waals surface area contributed by atoms with E-state index in [0.717, 1.165) is 0 Å². The summed E-state index contributed by atoms with van der Waals surface area (Å²) in [5, 5.41) is 28.2. The number of aliphatic carboxylic acids is 1. The van der Waals surface area contributed by atoms with Crippen LogP contribution < -0.4 is 4.90 Å². The molecule has 0 unspecified atom stereocenters. The molecule has 2 aromatic carbocycles. The first-order valence-corrected chi connectivity index (χ1v) is 8.34. The smallest absolute Gasteiger partial charge is 0.472 e. The number of carboxylic acid groups (broad SMARTS) is 1. The summed E-state index contributed by atoms with van der Waals surface area (Å²) in [7, 11) is 0. The molecule has 0 saturated heterocycles. The number of aliphatic hydroxyl groups excluding tert-OH is 1. The van der Waals surface area contributed by atoms with Crippen LogP contribution in [0.1, 0.15) is 23.1 Å². The van der Waals surface area contributed by atoms with E-state index in [1.165, 1.54) is 42.5 Å². The predicted octanol–water partition coefficient (Wildman–Crippen LogP) is 4.09. The van der Waals surface area contributed by atoms with Gasteiger partial charge in [0.1, 0.15) is 11.3 Å². The van der Waals surface area contributed by atoms with E-state index in [1.54, 1.807) is 0 Å². The van der Waals surface area contributed by atoms with E-state index in [9.17, 15) is 33.0 Å². The van der Waals surface area contributed by atoms with Gasteiger partial charge in [-0.2, -0.15) is 18.4 Å². The number of hydrogen-bond acceptors (Lipinski definition) is 4. The van der Waals surface area contributed by atoms with E-state index < -0.39 is 23.6 Å². The first-order chi connectivity index (χ1) is 13.6. The molecule has 0 aliphatic heterocycles. The second kappa shape index (κ2) is 7.31. The first kappa shape index (κ1) is 19.9. The van der Waals surface area contributed by atoms with Crippen molar-refractivity contribution in [2.75, 3.05) is 4.90 Å². The van der Waals surface area contributed by atoms with Crippen LogP contribution in [0, 0.1) is 11.3 Å². The van der Waals surface area contributed by atoms with Gasteiger partial charge in [-0.1, -0.05) is 12.1 Å². The van der Waals surface area contributed by atoms with Crippen LogP contribution in [0.15, 0.2) is 48.2 Å². The number of aliphatic hydroxyl groups is 1. The minimum Gasteiger partial charge on any atom is -0.511 e. The lowest BCUT2D eigenvalue weighted by Crippen LogP contribution is -2.38. The Balaban J connectivity index is 2.24. The van der Waals surface area contributed by atoms with Crippen molar-refractivity contribution in [1.82, 2.24) is 0 Å². The van der Waals surface area contributed by atoms with Gasteiger partial charge in [0.15, 0.2) is 0 Å². The molecule has 0 heterocycles. The van der Waals surface area contributed by atoms with Gasteiger partial charge in [-0.15, -0.1) is 0 Å². The maximum absolute atomic E-state index is 13.3. The Morgan fingerprint density at radius 2 is 1.72 bits per heavy atom. The number of alkyl halides is 3. The number of hydrogen-bond donors (Lipinski definition) is 2. The molecule has 0 bridgehead atoms. The van der Waals surface area contributed by atoms with Gasteiger partial charge in [0.05, 0.1) is 17.3 Å². The van der Waals surface area contributed by atoms with E-state index in [1.807, 2.05) is 6.07 Å². The van der Waals surface area contributed by atoms with Crippen LogP contribution in [0.25, 0.3) is 5.57 Å². The number of anilines is 2. The number of carboxylic acids is 1. The highest BCUT2D eigenvalue weighted by molar-refractivity contribution is 6.17. The van der Waals surface area contributed by atoms with Crippen LogP contribution in [-0.2, 0) is 16.0 Å². The number of carbonyl (C=O) groups excluding carboxylic acids is 1. The van der Waals surface area contributed by atoms with Gasteiger partial charge in [0.25, 0.3) is 0 Å². The average molecular weight is 402 g/mol. The van der Waals surface area contributed by atoms with Crippen molar-refractivity contribution in [3.8, 4) is 6.07 Å². The topological polar surface area (TPSA) is 102 Å². The van der Waals surface area contributed by atoms with Gasteiger partial charge >= 0.3 is 18.1 Å². The lowest BCUT2D eigenvalue weighted by Gasteiger charge is -2.29.